The monoisotopic (exact) mass is 228 g/mol. The maximum Gasteiger partial charge on any atom is 0.372 e. The lowest BCUT2D eigenvalue weighted by Gasteiger charge is -2.02. The van der Waals surface area contributed by atoms with Gasteiger partial charge < -0.3 is 14.6 Å². The van der Waals surface area contributed by atoms with Crippen molar-refractivity contribution in [3.05, 3.63) is 24.5 Å². The van der Waals surface area contributed by atoms with Crippen molar-refractivity contribution in [3.63, 3.8) is 0 Å². The SMILES string of the molecule is C=CC(=O)O/C(=C/C(=O)OCCC)C(=O)O. The molecule has 0 saturated carbocycles. The highest BCUT2D eigenvalue weighted by atomic mass is 16.6. The van der Waals surface area contributed by atoms with E-state index < -0.39 is 23.7 Å². The largest absolute Gasteiger partial charge is 0.475 e. The molecular formula is C10H12O6. The van der Waals surface area contributed by atoms with Gasteiger partial charge in [0.05, 0.1) is 12.7 Å². The Labute approximate surface area is 92.2 Å². The molecule has 88 valence electrons. The van der Waals surface area contributed by atoms with E-state index in [0.29, 0.717) is 12.5 Å². The molecule has 0 aromatic rings. The second kappa shape index (κ2) is 7.22. The summed E-state index contributed by atoms with van der Waals surface area (Å²) in [6.07, 6.45) is 1.99. The number of rotatable bonds is 6. The Hall–Kier alpha value is -2.11. The van der Waals surface area contributed by atoms with E-state index in [0.717, 1.165) is 6.08 Å². The predicted octanol–water partition coefficient (Wildman–Crippen LogP) is 0.637. The van der Waals surface area contributed by atoms with Crippen molar-refractivity contribution in [1.82, 2.24) is 0 Å². The molecule has 0 radical (unpaired) electrons. The van der Waals surface area contributed by atoms with E-state index in [-0.39, 0.29) is 6.61 Å². The average molecular weight is 228 g/mol. The van der Waals surface area contributed by atoms with Crippen LogP contribution in [0.1, 0.15) is 13.3 Å². The lowest BCUT2D eigenvalue weighted by atomic mass is 10.4. The molecule has 0 fully saturated rings. The van der Waals surface area contributed by atoms with E-state index in [1.807, 2.05) is 0 Å². The van der Waals surface area contributed by atoms with Crippen LogP contribution in [0.5, 0.6) is 0 Å². The fraction of sp³-hybridized carbons (Fsp3) is 0.300. The third-order valence-corrected chi connectivity index (χ3v) is 1.29. The van der Waals surface area contributed by atoms with Gasteiger partial charge in [0.1, 0.15) is 0 Å². The molecule has 0 heterocycles. The van der Waals surface area contributed by atoms with Gasteiger partial charge in [-0.25, -0.2) is 14.4 Å². The van der Waals surface area contributed by atoms with Gasteiger partial charge in [0.25, 0.3) is 0 Å². The molecule has 0 saturated heterocycles. The minimum Gasteiger partial charge on any atom is -0.475 e. The first-order valence-corrected chi connectivity index (χ1v) is 4.47. The quantitative estimate of drug-likeness (QED) is 0.407. The minimum atomic E-state index is -1.54. The molecule has 6 nitrogen and oxygen atoms in total. The molecule has 0 aliphatic rings. The van der Waals surface area contributed by atoms with Crippen LogP contribution in [0.25, 0.3) is 0 Å². The molecule has 1 N–H and O–H groups in total. The van der Waals surface area contributed by atoms with Gasteiger partial charge in [-0.05, 0) is 6.42 Å². The van der Waals surface area contributed by atoms with Crippen molar-refractivity contribution in [2.45, 2.75) is 13.3 Å². The highest BCUT2D eigenvalue weighted by Gasteiger charge is 2.15. The van der Waals surface area contributed by atoms with Gasteiger partial charge in [-0.1, -0.05) is 13.5 Å². The van der Waals surface area contributed by atoms with Gasteiger partial charge in [0.2, 0.25) is 5.76 Å². The summed E-state index contributed by atoms with van der Waals surface area (Å²) in [6, 6.07) is 0. The minimum absolute atomic E-state index is 0.164. The van der Waals surface area contributed by atoms with Crippen LogP contribution in [0.4, 0.5) is 0 Å². The van der Waals surface area contributed by atoms with E-state index in [1.54, 1.807) is 6.92 Å². The molecule has 0 spiro atoms. The molecule has 0 bridgehead atoms. The Morgan fingerprint density at radius 2 is 1.94 bits per heavy atom. The van der Waals surface area contributed by atoms with Gasteiger partial charge >= 0.3 is 17.9 Å². The standard InChI is InChI=1S/C10H12O6/c1-3-5-15-9(12)6-7(10(13)14)16-8(11)4-2/h4,6H,2-3,5H2,1H3,(H,13,14)/b7-6+. The van der Waals surface area contributed by atoms with Gasteiger partial charge in [-0.3, -0.25) is 0 Å². The van der Waals surface area contributed by atoms with Crippen molar-refractivity contribution in [3.8, 4) is 0 Å². The topological polar surface area (TPSA) is 89.9 Å². The fourth-order valence-electron chi connectivity index (χ4n) is 0.636. The number of carboxylic acids is 1. The molecule has 0 aliphatic heterocycles. The number of ether oxygens (including phenoxy) is 2. The van der Waals surface area contributed by atoms with Crippen molar-refractivity contribution >= 4 is 17.9 Å². The Kier molecular flexibility index (Phi) is 6.27. The van der Waals surface area contributed by atoms with Crippen LogP contribution in [0.2, 0.25) is 0 Å². The molecule has 0 atom stereocenters. The summed E-state index contributed by atoms with van der Waals surface area (Å²) in [6.45, 7) is 5.04. The molecule has 0 amide bonds. The smallest absolute Gasteiger partial charge is 0.372 e. The summed E-state index contributed by atoms with van der Waals surface area (Å²) < 4.78 is 8.91. The highest BCUT2D eigenvalue weighted by Crippen LogP contribution is 2.00. The van der Waals surface area contributed by atoms with Gasteiger partial charge in [-0.2, -0.15) is 0 Å². The zero-order valence-corrected chi connectivity index (χ0v) is 8.76. The van der Waals surface area contributed by atoms with Crippen LogP contribution in [0, 0.1) is 0 Å². The van der Waals surface area contributed by atoms with Crippen molar-refractivity contribution in [1.29, 1.82) is 0 Å². The third-order valence-electron chi connectivity index (χ3n) is 1.29. The Morgan fingerprint density at radius 1 is 1.31 bits per heavy atom. The van der Waals surface area contributed by atoms with Crippen LogP contribution in [0.3, 0.4) is 0 Å². The first-order chi connectivity index (χ1) is 7.51. The summed E-state index contributed by atoms with van der Waals surface area (Å²) in [7, 11) is 0. The van der Waals surface area contributed by atoms with Crippen LogP contribution in [0.15, 0.2) is 24.5 Å². The second-order valence-corrected chi connectivity index (χ2v) is 2.61. The van der Waals surface area contributed by atoms with Crippen molar-refractivity contribution < 1.29 is 29.0 Å². The van der Waals surface area contributed by atoms with Crippen molar-refractivity contribution in [2.24, 2.45) is 0 Å². The first kappa shape index (κ1) is 13.9. The van der Waals surface area contributed by atoms with E-state index in [4.69, 9.17) is 5.11 Å². The molecule has 6 heteroatoms. The normalized spacial score (nSPS) is 10.4. The van der Waals surface area contributed by atoms with Crippen molar-refractivity contribution in [2.75, 3.05) is 6.61 Å². The zero-order chi connectivity index (χ0) is 12.6. The Bertz CT molecular complexity index is 328. The number of esters is 2. The predicted molar refractivity (Wildman–Crippen MR) is 53.3 cm³/mol. The number of aliphatic carboxylic acids is 1. The van der Waals surface area contributed by atoms with E-state index in [1.165, 1.54) is 0 Å². The van der Waals surface area contributed by atoms with Crippen LogP contribution >= 0.6 is 0 Å². The summed E-state index contributed by atoms with van der Waals surface area (Å²) >= 11 is 0. The van der Waals surface area contributed by atoms with E-state index >= 15 is 0 Å². The Morgan fingerprint density at radius 3 is 2.38 bits per heavy atom. The summed E-state index contributed by atoms with van der Waals surface area (Å²) in [5, 5.41) is 8.60. The maximum absolute atomic E-state index is 11.0. The zero-order valence-electron chi connectivity index (χ0n) is 8.76. The summed E-state index contributed by atoms with van der Waals surface area (Å²) in [5.41, 5.74) is 0. The number of hydrogen-bond donors (Lipinski definition) is 1. The Balaban J connectivity index is 4.57. The first-order valence-electron chi connectivity index (χ1n) is 4.47. The molecular weight excluding hydrogens is 216 g/mol. The fourth-order valence-corrected chi connectivity index (χ4v) is 0.636. The second-order valence-electron chi connectivity index (χ2n) is 2.61. The van der Waals surface area contributed by atoms with Crippen LogP contribution < -0.4 is 0 Å². The number of carboxylic acid groups (broad SMARTS) is 1. The average Bonchev–Trinajstić information content (AvgIpc) is 2.24. The molecule has 0 aliphatic carbocycles. The van der Waals surface area contributed by atoms with E-state index in [9.17, 15) is 14.4 Å². The summed E-state index contributed by atoms with van der Waals surface area (Å²) in [5.74, 6) is -4.18. The number of carbonyl (C=O) groups excluding carboxylic acids is 2. The van der Waals surface area contributed by atoms with E-state index in [2.05, 4.69) is 16.1 Å². The molecule has 0 aromatic carbocycles. The van der Waals surface area contributed by atoms with Gasteiger partial charge in [0.15, 0.2) is 0 Å². The van der Waals surface area contributed by atoms with Crippen LogP contribution in [-0.4, -0.2) is 29.6 Å². The van der Waals surface area contributed by atoms with Gasteiger partial charge in [0, 0.05) is 6.08 Å². The molecule has 16 heavy (non-hydrogen) atoms. The molecule has 0 rings (SSSR count). The lowest BCUT2D eigenvalue weighted by molar-refractivity contribution is -0.146. The lowest BCUT2D eigenvalue weighted by Crippen LogP contribution is -2.12. The number of hydrogen-bond acceptors (Lipinski definition) is 5. The molecule has 0 unspecified atom stereocenters. The highest BCUT2D eigenvalue weighted by molar-refractivity contribution is 5.96. The third kappa shape index (κ3) is 5.58. The number of carbonyl (C=O) groups is 3. The maximum atomic E-state index is 11.0. The molecule has 0 aromatic heterocycles. The summed E-state index contributed by atoms with van der Waals surface area (Å²) in [4.78, 5) is 32.3. The van der Waals surface area contributed by atoms with Gasteiger partial charge in [-0.15, -0.1) is 0 Å². The van der Waals surface area contributed by atoms with Crippen LogP contribution in [-0.2, 0) is 23.9 Å².